The van der Waals surface area contributed by atoms with Crippen LogP contribution in [0.15, 0.2) is 18.2 Å². The topological polar surface area (TPSA) is 47.3 Å². The third-order valence-corrected chi connectivity index (χ3v) is 3.58. The van der Waals surface area contributed by atoms with Crippen LogP contribution in [0.5, 0.6) is 5.75 Å². The first-order valence-corrected chi connectivity index (χ1v) is 6.08. The number of hydrogen-bond acceptors (Lipinski definition) is 3. The fraction of sp³-hybridized carbons (Fsp3) is 0.538. The Kier molecular flexibility index (Phi) is 2.58. The lowest BCUT2D eigenvalue weighted by atomic mass is 9.99. The Hall–Kier alpha value is -1.06. The van der Waals surface area contributed by atoms with Crippen molar-refractivity contribution in [3.63, 3.8) is 0 Å². The average molecular weight is 218 g/mol. The number of hydrogen-bond donors (Lipinski definition) is 2. The van der Waals surface area contributed by atoms with E-state index in [4.69, 9.17) is 10.6 Å². The van der Waals surface area contributed by atoms with E-state index in [0.717, 1.165) is 31.1 Å². The van der Waals surface area contributed by atoms with Gasteiger partial charge in [-0.15, -0.1) is 0 Å². The monoisotopic (exact) mass is 218 g/mol. The summed E-state index contributed by atoms with van der Waals surface area (Å²) in [4.78, 5) is 0. The highest BCUT2D eigenvalue weighted by atomic mass is 16.5. The molecule has 3 nitrogen and oxygen atoms in total. The molecule has 2 aliphatic rings. The van der Waals surface area contributed by atoms with Gasteiger partial charge in [-0.05, 0) is 29.5 Å². The highest BCUT2D eigenvalue weighted by Crippen LogP contribution is 2.38. The van der Waals surface area contributed by atoms with Crippen LogP contribution in [0.25, 0.3) is 0 Å². The molecule has 1 aliphatic carbocycles. The minimum Gasteiger partial charge on any atom is -0.493 e. The second kappa shape index (κ2) is 4.07. The second-order valence-electron chi connectivity index (χ2n) is 4.86. The summed E-state index contributed by atoms with van der Waals surface area (Å²) in [5.74, 6) is 7.57. The summed E-state index contributed by atoms with van der Waals surface area (Å²) >= 11 is 0. The summed E-state index contributed by atoms with van der Waals surface area (Å²) in [7, 11) is 0. The van der Waals surface area contributed by atoms with E-state index in [9.17, 15) is 0 Å². The number of nitrogens with two attached hydrogens (primary N) is 1. The standard InChI is InChI=1S/C13H18N2O/c14-15-12(7-9-1-2-9)10-3-4-13-11(8-10)5-6-16-13/h3-4,8-9,12,15H,1-2,5-7,14H2. The van der Waals surface area contributed by atoms with E-state index in [1.165, 1.54) is 24.0 Å². The number of rotatable bonds is 4. The quantitative estimate of drug-likeness (QED) is 0.599. The maximum absolute atomic E-state index is 5.64. The molecule has 3 N–H and O–H groups in total. The second-order valence-corrected chi connectivity index (χ2v) is 4.86. The van der Waals surface area contributed by atoms with Crippen LogP contribution in [-0.2, 0) is 6.42 Å². The van der Waals surface area contributed by atoms with Gasteiger partial charge in [0.25, 0.3) is 0 Å². The van der Waals surface area contributed by atoms with Gasteiger partial charge in [-0.25, -0.2) is 0 Å². The van der Waals surface area contributed by atoms with Crippen LogP contribution < -0.4 is 16.0 Å². The molecule has 1 aromatic carbocycles. The summed E-state index contributed by atoms with van der Waals surface area (Å²) in [6.07, 6.45) is 4.93. The summed E-state index contributed by atoms with van der Waals surface area (Å²) < 4.78 is 5.51. The van der Waals surface area contributed by atoms with Gasteiger partial charge in [0.2, 0.25) is 0 Å². The zero-order valence-electron chi connectivity index (χ0n) is 9.41. The third-order valence-electron chi connectivity index (χ3n) is 3.58. The number of benzene rings is 1. The van der Waals surface area contributed by atoms with Crippen molar-refractivity contribution in [1.82, 2.24) is 5.43 Å². The van der Waals surface area contributed by atoms with Crippen LogP contribution in [0.2, 0.25) is 0 Å². The molecular weight excluding hydrogens is 200 g/mol. The smallest absolute Gasteiger partial charge is 0.122 e. The lowest BCUT2D eigenvalue weighted by Gasteiger charge is -2.16. The average Bonchev–Trinajstić information content (AvgIpc) is 3.01. The highest BCUT2D eigenvalue weighted by molar-refractivity contribution is 5.40. The molecule has 0 radical (unpaired) electrons. The predicted octanol–water partition coefficient (Wildman–Crippen LogP) is 1.93. The van der Waals surface area contributed by atoms with E-state index in [1.54, 1.807) is 0 Å². The van der Waals surface area contributed by atoms with Crippen LogP contribution in [-0.4, -0.2) is 6.61 Å². The van der Waals surface area contributed by atoms with Crippen molar-refractivity contribution in [2.24, 2.45) is 11.8 Å². The van der Waals surface area contributed by atoms with Gasteiger partial charge in [0, 0.05) is 12.5 Å². The summed E-state index contributed by atoms with van der Waals surface area (Å²) in [5.41, 5.74) is 5.57. The zero-order valence-corrected chi connectivity index (χ0v) is 9.41. The minimum atomic E-state index is 0.304. The fourth-order valence-corrected chi connectivity index (χ4v) is 2.41. The molecule has 0 aromatic heterocycles. The number of hydrazine groups is 1. The lowest BCUT2D eigenvalue weighted by molar-refractivity contribution is 0.356. The molecule has 1 saturated carbocycles. The Morgan fingerprint density at radius 3 is 3.06 bits per heavy atom. The van der Waals surface area contributed by atoms with Crippen LogP contribution in [0.1, 0.15) is 36.4 Å². The molecule has 1 heterocycles. The van der Waals surface area contributed by atoms with E-state index in [-0.39, 0.29) is 0 Å². The summed E-state index contributed by atoms with van der Waals surface area (Å²) in [6.45, 7) is 0.822. The van der Waals surface area contributed by atoms with Crippen molar-refractivity contribution in [3.8, 4) is 5.75 Å². The van der Waals surface area contributed by atoms with Gasteiger partial charge < -0.3 is 4.74 Å². The normalized spacial score (nSPS) is 20.3. The van der Waals surface area contributed by atoms with Gasteiger partial charge in [-0.3, -0.25) is 11.3 Å². The zero-order chi connectivity index (χ0) is 11.0. The maximum Gasteiger partial charge on any atom is 0.122 e. The molecule has 3 rings (SSSR count). The van der Waals surface area contributed by atoms with Gasteiger partial charge in [0.05, 0.1) is 6.61 Å². The molecule has 1 fully saturated rings. The highest BCUT2D eigenvalue weighted by Gasteiger charge is 2.26. The lowest BCUT2D eigenvalue weighted by Crippen LogP contribution is -2.28. The van der Waals surface area contributed by atoms with Crippen molar-refractivity contribution in [1.29, 1.82) is 0 Å². The number of nitrogens with one attached hydrogen (secondary N) is 1. The molecule has 1 aliphatic heterocycles. The van der Waals surface area contributed by atoms with Crippen LogP contribution in [0.3, 0.4) is 0 Å². The van der Waals surface area contributed by atoms with Crippen LogP contribution in [0.4, 0.5) is 0 Å². The van der Waals surface area contributed by atoms with Crippen molar-refractivity contribution in [2.75, 3.05) is 6.61 Å². The number of ether oxygens (including phenoxy) is 1. The molecule has 1 unspecified atom stereocenters. The Balaban J connectivity index is 1.80. The molecule has 0 saturated heterocycles. The van der Waals surface area contributed by atoms with E-state index in [2.05, 4.69) is 23.6 Å². The van der Waals surface area contributed by atoms with Gasteiger partial charge in [0.1, 0.15) is 5.75 Å². The summed E-state index contributed by atoms with van der Waals surface area (Å²) in [5, 5.41) is 0. The van der Waals surface area contributed by atoms with Crippen molar-refractivity contribution < 1.29 is 4.74 Å². The molecule has 1 aromatic rings. The first kappa shape index (κ1) is 10.1. The SMILES string of the molecule is NNC(CC1CC1)c1ccc2c(c1)CCO2. The van der Waals surface area contributed by atoms with Gasteiger partial charge in [-0.1, -0.05) is 25.0 Å². The van der Waals surface area contributed by atoms with Gasteiger partial charge >= 0.3 is 0 Å². The van der Waals surface area contributed by atoms with Crippen molar-refractivity contribution in [2.45, 2.75) is 31.7 Å². The molecule has 0 amide bonds. The summed E-state index contributed by atoms with van der Waals surface area (Å²) in [6, 6.07) is 6.76. The maximum atomic E-state index is 5.64. The first-order valence-electron chi connectivity index (χ1n) is 6.08. The molecule has 1 atom stereocenters. The fourth-order valence-electron chi connectivity index (χ4n) is 2.41. The largest absolute Gasteiger partial charge is 0.493 e. The van der Waals surface area contributed by atoms with Crippen molar-refractivity contribution >= 4 is 0 Å². The first-order chi connectivity index (χ1) is 7.86. The number of fused-ring (bicyclic) bond motifs is 1. The van der Waals surface area contributed by atoms with Crippen LogP contribution in [0, 0.1) is 5.92 Å². The molecule has 0 bridgehead atoms. The Morgan fingerprint density at radius 1 is 1.44 bits per heavy atom. The van der Waals surface area contributed by atoms with Gasteiger partial charge in [-0.2, -0.15) is 0 Å². The Bertz CT molecular complexity index is 388. The van der Waals surface area contributed by atoms with E-state index in [0.29, 0.717) is 6.04 Å². The molecular formula is C13H18N2O. The van der Waals surface area contributed by atoms with Crippen molar-refractivity contribution in [3.05, 3.63) is 29.3 Å². The van der Waals surface area contributed by atoms with E-state index >= 15 is 0 Å². The minimum absolute atomic E-state index is 0.304. The molecule has 0 spiro atoms. The predicted molar refractivity (Wildman–Crippen MR) is 63.0 cm³/mol. The Morgan fingerprint density at radius 2 is 2.31 bits per heavy atom. The third kappa shape index (κ3) is 1.93. The van der Waals surface area contributed by atoms with E-state index < -0.39 is 0 Å². The molecule has 16 heavy (non-hydrogen) atoms. The van der Waals surface area contributed by atoms with Crippen LogP contribution >= 0.6 is 0 Å². The van der Waals surface area contributed by atoms with E-state index in [1.807, 2.05) is 0 Å². The Labute approximate surface area is 95.9 Å². The molecule has 3 heteroatoms. The molecule has 86 valence electrons. The van der Waals surface area contributed by atoms with Gasteiger partial charge in [0.15, 0.2) is 0 Å².